The van der Waals surface area contributed by atoms with Crippen LogP contribution in [0.1, 0.15) is 0 Å². The van der Waals surface area contributed by atoms with Crippen molar-refractivity contribution in [2.45, 2.75) is 0 Å². The quantitative estimate of drug-likeness (QED) is 0.583. The van der Waals surface area contributed by atoms with E-state index in [1.54, 1.807) is 6.07 Å². The lowest BCUT2D eigenvalue weighted by molar-refractivity contribution is -0.111. The van der Waals surface area contributed by atoms with Crippen molar-refractivity contribution >= 4 is 22.7 Å². The van der Waals surface area contributed by atoms with Crippen LogP contribution < -0.4 is 11.1 Å². The highest BCUT2D eigenvalue weighted by Gasteiger charge is 2.08. The standard InChI is InChI=1S/C10H8N2O4/c1-2-9(13)11-6-3-4-8-7(5-6)12(15)10(14)16-8/h2-5,15H,1H2,(H,11,13). The number of anilines is 1. The number of oxazole rings is 1. The summed E-state index contributed by atoms with van der Waals surface area (Å²) in [6, 6.07) is 4.44. The smallest absolute Gasteiger partial charge is 0.422 e. The van der Waals surface area contributed by atoms with Crippen LogP contribution in [0.3, 0.4) is 0 Å². The highest BCUT2D eigenvalue weighted by atomic mass is 16.5. The summed E-state index contributed by atoms with van der Waals surface area (Å²) in [4.78, 5) is 22.0. The monoisotopic (exact) mass is 220 g/mol. The largest absolute Gasteiger partial charge is 0.453 e. The molecular weight excluding hydrogens is 212 g/mol. The summed E-state index contributed by atoms with van der Waals surface area (Å²) in [5, 5.41) is 11.8. The molecule has 0 fully saturated rings. The van der Waals surface area contributed by atoms with E-state index in [9.17, 15) is 14.8 Å². The summed E-state index contributed by atoms with van der Waals surface area (Å²) in [5.74, 6) is -1.25. The Morgan fingerprint density at radius 1 is 1.56 bits per heavy atom. The molecule has 2 rings (SSSR count). The fraction of sp³-hybridized carbons (Fsp3) is 0. The van der Waals surface area contributed by atoms with Crippen LogP contribution in [0, 0.1) is 0 Å². The maximum atomic E-state index is 11.0. The van der Waals surface area contributed by atoms with Crippen molar-refractivity contribution in [3.05, 3.63) is 41.4 Å². The van der Waals surface area contributed by atoms with Gasteiger partial charge < -0.3 is 14.9 Å². The number of nitrogens with one attached hydrogen (secondary N) is 1. The highest BCUT2D eigenvalue weighted by Crippen LogP contribution is 2.17. The SMILES string of the molecule is C=CC(=O)Nc1ccc2oc(=O)n(O)c2c1. The number of rotatable bonds is 2. The van der Waals surface area contributed by atoms with E-state index in [0.717, 1.165) is 6.08 Å². The third kappa shape index (κ3) is 1.56. The second-order valence-electron chi connectivity index (χ2n) is 3.06. The first-order chi connectivity index (χ1) is 7.61. The zero-order valence-electron chi connectivity index (χ0n) is 8.14. The highest BCUT2D eigenvalue weighted by molar-refractivity contribution is 5.99. The minimum Gasteiger partial charge on any atom is -0.422 e. The van der Waals surface area contributed by atoms with E-state index in [2.05, 4.69) is 11.9 Å². The number of aromatic nitrogens is 1. The summed E-state index contributed by atoms with van der Waals surface area (Å²) in [6.07, 6.45) is 1.12. The second-order valence-corrected chi connectivity index (χ2v) is 3.06. The predicted octanol–water partition coefficient (Wildman–Crippen LogP) is 0.956. The van der Waals surface area contributed by atoms with E-state index in [1.807, 2.05) is 0 Å². The molecule has 2 N–H and O–H groups in total. The molecule has 0 atom stereocenters. The lowest BCUT2D eigenvalue weighted by atomic mass is 10.3. The Morgan fingerprint density at radius 3 is 3.00 bits per heavy atom. The van der Waals surface area contributed by atoms with Gasteiger partial charge in [0.2, 0.25) is 5.91 Å². The van der Waals surface area contributed by atoms with E-state index in [1.165, 1.54) is 12.1 Å². The zero-order valence-corrected chi connectivity index (χ0v) is 8.14. The Balaban J connectivity index is 2.50. The molecule has 16 heavy (non-hydrogen) atoms. The minimum atomic E-state index is -0.873. The molecule has 6 heteroatoms. The van der Waals surface area contributed by atoms with E-state index < -0.39 is 5.76 Å². The third-order valence-corrected chi connectivity index (χ3v) is 2.01. The van der Waals surface area contributed by atoms with Gasteiger partial charge in [0.25, 0.3) is 0 Å². The number of carbonyl (C=O) groups is 1. The minimum absolute atomic E-state index is 0.187. The van der Waals surface area contributed by atoms with Crippen LogP contribution in [-0.2, 0) is 4.79 Å². The van der Waals surface area contributed by atoms with Gasteiger partial charge in [-0.05, 0) is 24.3 Å². The number of nitrogens with zero attached hydrogens (tertiary/aromatic N) is 1. The molecule has 2 aromatic rings. The van der Waals surface area contributed by atoms with E-state index in [4.69, 9.17) is 4.42 Å². The molecule has 0 aliphatic rings. The van der Waals surface area contributed by atoms with Crippen molar-refractivity contribution in [2.75, 3.05) is 5.32 Å². The van der Waals surface area contributed by atoms with Gasteiger partial charge in [0, 0.05) is 5.69 Å². The fourth-order valence-corrected chi connectivity index (χ4v) is 1.28. The Morgan fingerprint density at radius 2 is 2.31 bits per heavy atom. The fourth-order valence-electron chi connectivity index (χ4n) is 1.28. The topological polar surface area (TPSA) is 84.5 Å². The number of carbonyl (C=O) groups excluding carboxylic acids is 1. The first kappa shape index (κ1) is 10.0. The molecule has 0 bridgehead atoms. The molecule has 1 aromatic heterocycles. The molecule has 0 aliphatic heterocycles. The summed E-state index contributed by atoms with van der Waals surface area (Å²) < 4.78 is 5.08. The number of benzene rings is 1. The number of hydrogen-bond acceptors (Lipinski definition) is 4. The summed E-state index contributed by atoms with van der Waals surface area (Å²) >= 11 is 0. The third-order valence-electron chi connectivity index (χ3n) is 2.01. The van der Waals surface area contributed by atoms with Crippen molar-refractivity contribution < 1.29 is 14.4 Å². The van der Waals surface area contributed by atoms with Gasteiger partial charge in [-0.3, -0.25) is 4.79 Å². The average Bonchev–Trinajstić information content (AvgIpc) is 2.55. The first-order valence-electron chi connectivity index (χ1n) is 4.40. The van der Waals surface area contributed by atoms with E-state index in [0.29, 0.717) is 10.4 Å². The van der Waals surface area contributed by atoms with Crippen molar-refractivity contribution in [1.82, 2.24) is 4.73 Å². The van der Waals surface area contributed by atoms with Gasteiger partial charge in [-0.15, -0.1) is 4.73 Å². The summed E-state index contributed by atoms with van der Waals surface area (Å²) in [7, 11) is 0. The molecule has 0 saturated carbocycles. The van der Waals surface area contributed by atoms with Crippen LogP contribution in [0.15, 0.2) is 40.1 Å². The van der Waals surface area contributed by atoms with Crippen LogP contribution in [0.25, 0.3) is 11.1 Å². The molecule has 1 aromatic carbocycles. The van der Waals surface area contributed by atoms with Crippen molar-refractivity contribution in [3.63, 3.8) is 0 Å². The van der Waals surface area contributed by atoms with E-state index in [-0.39, 0.29) is 17.0 Å². The molecule has 1 heterocycles. The Hall–Kier alpha value is -2.50. The lowest BCUT2D eigenvalue weighted by Crippen LogP contribution is -2.10. The van der Waals surface area contributed by atoms with Gasteiger partial charge in [0.05, 0.1) is 0 Å². The molecule has 0 unspecified atom stereocenters. The van der Waals surface area contributed by atoms with Crippen molar-refractivity contribution in [3.8, 4) is 0 Å². The average molecular weight is 220 g/mol. The van der Waals surface area contributed by atoms with Gasteiger partial charge in [-0.2, -0.15) is 0 Å². The van der Waals surface area contributed by atoms with Gasteiger partial charge in [-0.25, -0.2) is 4.79 Å². The predicted molar refractivity (Wildman–Crippen MR) is 56.5 cm³/mol. The van der Waals surface area contributed by atoms with Crippen LogP contribution in [0.5, 0.6) is 0 Å². The van der Waals surface area contributed by atoms with Crippen molar-refractivity contribution in [1.29, 1.82) is 0 Å². The van der Waals surface area contributed by atoms with Gasteiger partial charge >= 0.3 is 5.76 Å². The molecule has 0 saturated heterocycles. The molecule has 0 spiro atoms. The van der Waals surface area contributed by atoms with Crippen LogP contribution >= 0.6 is 0 Å². The maximum Gasteiger partial charge on any atom is 0.453 e. The van der Waals surface area contributed by atoms with Gasteiger partial charge in [0.1, 0.15) is 5.52 Å². The maximum absolute atomic E-state index is 11.0. The molecule has 0 aliphatic carbocycles. The summed E-state index contributed by atoms with van der Waals surface area (Å²) in [5.41, 5.74) is 0.858. The Labute approximate surface area is 89.4 Å². The van der Waals surface area contributed by atoms with E-state index >= 15 is 0 Å². The number of amides is 1. The summed E-state index contributed by atoms with van der Waals surface area (Å²) in [6.45, 7) is 3.31. The zero-order chi connectivity index (χ0) is 11.7. The number of fused-ring (bicyclic) bond motifs is 1. The Bertz CT molecular complexity index is 623. The molecule has 82 valence electrons. The van der Waals surface area contributed by atoms with Crippen LogP contribution in [-0.4, -0.2) is 15.8 Å². The number of hydrogen-bond donors (Lipinski definition) is 2. The first-order valence-corrected chi connectivity index (χ1v) is 4.40. The van der Waals surface area contributed by atoms with Gasteiger partial charge in [0.15, 0.2) is 5.58 Å². The molecular formula is C10H8N2O4. The lowest BCUT2D eigenvalue weighted by Gasteiger charge is -2.01. The van der Waals surface area contributed by atoms with Gasteiger partial charge in [-0.1, -0.05) is 6.58 Å². The van der Waals surface area contributed by atoms with Crippen LogP contribution in [0.4, 0.5) is 5.69 Å². The second kappa shape index (κ2) is 3.58. The normalized spacial score (nSPS) is 10.2. The Kier molecular flexibility index (Phi) is 2.24. The molecule has 6 nitrogen and oxygen atoms in total. The molecule has 0 radical (unpaired) electrons. The molecule has 1 amide bonds. The van der Waals surface area contributed by atoms with Crippen molar-refractivity contribution in [2.24, 2.45) is 0 Å². The van der Waals surface area contributed by atoms with Crippen LogP contribution in [0.2, 0.25) is 0 Å².